The Morgan fingerprint density at radius 1 is 0.525 bits per heavy atom. The lowest BCUT2D eigenvalue weighted by Crippen LogP contribution is -2.29. The van der Waals surface area contributed by atoms with E-state index in [1.165, 1.54) is 19.3 Å². The zero-order valence-electron chi connectivity index (χ0n) is 35.9. The molecule has 0 saturated heterocycles. The van der Waals surface area contributed by atoms with Crippen molar-refractivity contribution in [3.63, 3.8) is 0 Å². The second-order valence-corrected chi connectivity index (χ2v) is 15.1. The zero-order valence-corrected chi connectivity index (χ0v) is 36.8. The summed E-state index contributed by atoms with van der Waals surface area (Å²) in [5, 5.41) is 18.3. The molecule has 0 aliphatic carbocycles. The number of ether oxygens (including phenoxy) is 2. The summed E-state index contributed by atoms with van der Waals surface area (Å²) >= 11 is 0. The molecule has 0 aromatic heterocycles. The molecule has 0 rings (SSSR count). The highest BCUT2D eigenvalue weighted by Crippen LogP contribution is 2.43. The molecule has 0 spiro atoms. The van der Waals surface area contributed by atoms with Gasteiger partial charge in [0.15, 0.2) is 6.10 Å². The number of hydrogen-bond donors (Lipinski definition) is 3. The van der Waals surface area contributed by atoms with Crippen LogP contribution in [0.1, 0.15) is 129 Å². The van der Waals surface area contributed by atoms with Crippen LogP contribution in [-0.4, -0.2) is 65.7 Å². The quantitative estimate of drug-likeness (QED) is 0.0237. The van der Waals surface area contributed by atoms with Crippen LogP contribution in [0.25, 0.3) is 0 Å². The molecule has 59 heavy (non-hydrogen) atoms. The van der Waals surface area contributed by atoms with E-state index in [1.807, 2.05) is 24.3 Å². The fourth-order valence-corrected chi connectivity index (χ4v) is 5.62. The summed E-state index contributed by atoms with van der Waals surface area (Å²) in [5.41, 5.74) is 0. The van der Waals surface area contributed by atoms with Gasteiger partial charge in [-0.25, -0.2) is 4.57 Å². The third-order valence-electron chi connectivity index (χ3n) is 8.11. The van der Waals surface area contributed by atoms with Gasteiger partial charge in [0.25, 0.3) is 0 Å². The highest BCUT2D eigenvalue weighted by atomic mass is 31.2. The molecule has 11 heteroatoms. The van der Waals surface area contributed by atoms with E-state index in [9.17, 15) is 24.2 Å². The third kappa shape index (κ3) is 42.3. The van der Waals surface area contributed by atoms with E-state index in [4.69, 9.17) is 19.1 Å². The number of esters is 2. The van der Waals surface area contributed by atoms with Crippen molar-refractivity contribution in [1.82, 2.24) is 0 Å². The topological polar surface area (TPSA) is 149 Å². The first kappa shape index (κ1) is 55.4. The van der Waals surface area contributed by atoms with Crippen LogP contribution < -0.4 is 0 Å². The van der Waals surface area contributed by atoms with Crippen LogP contribution in [-0.2, 0) is 32.7 Å². The molecule has 0 aromatic rings. The van der Waals surface area contributed by atoms with Crippen molar-refractivity contribution < 1.29 is 47.8 Å². The number of aliphatic hydroxyl groups excluding tert-OH is 2. The van der Waals surface area contributed by atoms with Gasteiger partial charge in [-0.1, -0.05) is 148 Å². The maximum atomic E-state index is 12.6. The maximum absolute atomic E-state index is 12.6. The van der Waals surface area contributed by atoms with Crippen LogP contribution >= 0.6 is 7.82 Å². The summed E-state index contributed by atoms with van der Waals surface area (Å²) in [6, 6.07) is 0. The van der Waals surface area contributed by atoms with E-state index in [0.717, 1.165) is 64.2 Å². The maximum Gasteiger partial charge on any atom is 0.472 e. The van der Waals surface area contributed by atoms with Crippen molar-refractivity contribution in [2.45, 2.75) is 142 Å². The number of phosphoric acid groups is 1. The molecule has 0 amide bonds. The Morgan fingerprint density at radius 2 is 0.949 bits per heavy atom. The summed E-state index contributed by atoms with van der Waals surface area (Å²) in [6.07, 6.45) is 54.7. The minimum absolute atomic E-state index is 0.0405. The molecule has 0 aromatic carbocycles. The number of hydrogen-bond acceptors (Lipinski definition) is 9. The number of aliphatic hydroxyl groups is 2. The Balaban J connectivity index is 4.56. The molecular weight excluding hydrogens is 767 g/mol. The molecule has 3 N–H and O–H groups in total. The van der Waals surface area contributed by atoms with Gasteiger partial charge in [0.2, 0.25) is 0 Å². The first-order valence-corrected chi connectivity index (χ1v) is 23.0. The van der Waals surface area contributed by atoms with Gasteiger partial charge in [0, 0.05) is 12.8 Å². The minimum Gasteiger partial charge on any atom is -0.462 e. The van der Waals surface area contributed by atoms with Gasteiger partial charge in [-0.15, -0.1) is 0 Å². The molecule has 10 nitrogen and oxygen atoms in total. The third-order valence-corrected chi connectivity index (χ3v) is 9.06. The lowest BCUT2D eigenvalue weighted by molar-refractivity contribution is -0.161. The highest BCUT2D eigenvalue weighted by Gasteiger charge is 2.27. The fraction of sp³-hybridized carbons (Fsp3) is 0.542. The molecule has 1 unspecified atom stereocenters. The number of unbranched alkanes of at least 4 members (excludes halogenated alkanes) is 4. The smallest absolute Gasteiger partial charge is 0.462 e. The minimum atomic E-state index is -4.66. The number of phosphoric ester groups is 1. The molecule has 0 fully saturated rings. The molecule has 0 heterocycles. The monoisotopic (exact) mass is 843 g/mol. The van der Waals surface area contributed by atoms with Gasteiger partial charge < -0.3 is 24.6 Å². The van der Waals surface area contributed by atoms with E-state index in [2.05, 4.69) is 116 Å². The number of carbonyl (C=O) groups is 2. The Hall–Kier alpha value is -3.63. The number of allylic oxidation sites excluding steroid dienone is 20. The van der Waals surface area contributed by atoms with Gasteiger partial charge >= 0.3 is 19.8 Å². The Labute approximate surface area is 356 Å². The second kappa shape index (κ2) is 42.5. The first-order valence-electron chi connectivity index (χ1n) is 21.5. The summed E-state index contributed by atoms with van der Waals surface area (Å²) in [4.78, 5) is 34.9. The Morgan fingerprint density at radius 3 is 1.41 bits per heavy atom. The van der Waals surface area contributed by atoms with Gasteiger partial charge in [-0.2, -0.15) is 0 Å². The molecule has 0 saturated carbocycles. The summed E-state index contributed by atoms with van der Waals surface area (Å²) in [6.45, 7) is 2.05. The van der Waals surface area contributed by atoms with Crippen molar-refractivity contribution in [1.29, 1.82) is 0 Å². The SMILES string of the molecule is CC/C=C/C/C=C/C/C=C/C/C=C/C/C=C/CCCC(=O)OC[C@H](COP(=O)(O)OC[C@@H](O)CO)OC(=O)CC/C=C/C/C=C/C/C=C/C/C=C/C/C=C/CCCCC. The predicted molar refractivity (Wildman–Crippen MR) is 242 cm³/mol. The lowest BCUT2D eigenvalue weighted by Gasteiger charge is -2.20. The van der Waals surface area contributed by atoms with E-state index >= 15 is 0 Å². The summed E-state index contributed by atoms with van der Waals surface area (Å²) in [5.74, 6) is -1.10. The molecule has 0 aliphatic rings. The molecule has 0 radical (unpaired) electrons. The van der Waals surface area contributed by atoms with Crippen molar-refractivity contribution in [2.24, 2.45) is 0 Å². The van der Waals surface area contributed by atoms with Crippen molar-refractivity contribution in [3.8, 4) is 0 Å². The normalized spacial score (nSPS) is 15.0. The molecule has 0 bridgehead atoms. The Bertz CT molecular complexity index is 1390. The van der Waals surface area contributed by atoms with Crippen molar-refractivity contribution in [2.75, 3.05) is 26.4 Å². The van der Waals surface area contributed by atoms with Crippen LogP contribution in [0.15, 0.2) is 122 Å². The lowest BCUT2D eigenvalue weighted by atomic mass is 10.2. The van der Waals surface area contributed by atoms with Crippen LogP contribution in [0.5, 0.6) is 0 Å². The van der Waals surface area contributed by atoms with Crippen LogP contribution in [0.2, 0.25) is 0 Å². The fourth-order valence-electron chi connectivity index (χ4n) is 4.83. The average molecular weight is 843 g/mol. The van der Waals surface area contributed by atoms with Gasteiger partial charge in [-0.05, 0) is 89.9 Å². The Kier molecular flexibility index (Phi) is 39.9. The molecule has 3 atom stereocenters. The molecule has 0 aliphatic heterocycles. The zero-order chi connectivity index (χ0) is 43.3. The summed E-state index contributed by atoms with van der Waals surface area (Å²) < 4.78 is 32.5. The van der Waals surface area contributed by atoms with Crippen LogP contribution in [0, 0.1) is 0 Å². The van der Waals surface area contributed by atoms with E-state index in [1.54, 1.807) is 0 Å². The van der Waals surface area contributed by atoms with Gasteiger partial charge in [-0.3, -0.25) is 18.6 Å². The first-order chi connectivity index (χ1) is 28.7. The second-order valence-electron chi connectivity index (χ2n) is 13.6. The summed E-state index contributed by atoms with van der Waals surface area (Å²) in [7, 11) is -4.66. The average Bonchev–Trinajstić information content (AvgIpc) is 3.22. The molecule has 332 valence electrons. The predicted octanol–water partition coefficient (Wildman–Crippen LogP) is 11.6. The van der Waals surface area contributed by atoms with Crippen molar-refractivity contribution >= 4 is 19.8 Å². The van der Waals surface area contributed by atoms with Gasteiger partial charge in [0.1, 0.15) is 12.7 Å². The standard InChI is InChI=1S/C48H75O10P/c1-3-5-7-9-11-13-15-17-19-21-22-24-26-28-30-32-34-36-38-40-48(52)58-46(44-57-59(53,54)56-42-45(50)41-49)43-55-47(51)39-37-35-33-31-29-27-25-23-20-18-16-14-12-10-8-6-4-2/h6,8,11-14,17-20,22,24-25,27-28,30-31,33-34,36,45-46,49-50H,3-5,7,9-10,15-16,21,23,26,29,32,35,37-44H2,1-2H3,(H,53,54)/b8-6+,13-11+,14-12+,19-17+,20-18+,24-22+,27-25+,30-28+,33-31+,36-34+/t45-,46+/m0/s1. The van der Waals surface area contributed by atoms with E-state index in [-0.39, 0.29) is 19.4 Å². The molecular formula is C48H75O10P. The number of carbonyl (C=O) groups excluding carboxylic acids is 2. The highest BCUT2D eigenvalue weighted by molar-refractivity contribution is 7.47. The van der Waals surface area contributed by atoms with Gasteiger partial charge in [0.05, 0.1) is 19.8 Å². The van der Waals surface area contributed by atoms with Crippen LogP contribution in [0.4, 0.5) is 0 Å². The number of rotatable bonds is 38. The largest absolute Gasteiger partial charge is 0.472 e. The van der Waals surface area contributed by atoms with E-state index in [0.29, 0.717) is 19.3 Å². The van der Waals surface area contributed by atoms with Crippen molar-refractivity contribution in [3.05, 3.63) is 122 Å². The van der Waals surface area contributed by atoms with Crippen LogP contribution in [0.3, 0.4) is 0 Å². The van der Waals surface area contributed by atoms with E-state index < -0.39 is 51.8 Å².